The Kier molecular flexibility index (Phi) is 22.8. The number of esters is 1. The zero-order valence-electron chi connectivity index (χ0n) is 35.6. The summed E-state index contributed by atoms with van der Waals surface area (Å²) in [6, 6.07) is 21.6. The third-order valence-electron chi connectivity index (χ3n) is 13.2. The summed E-state index contributed by atoms with van der Waals surface area (Å²) in [6.45, 7) is 23.9. The molecule has 0 amide bonds. The fourth-order valence-electron chi connectivity index (χ4n) is 8.76. The van der Waals surface area contributed by atoms with Crippen molar-refractivity contribution >= 4 is 30.9 Å². The van der Waals surface area contributed by atoms with E-state index < -0.39 is 25.0 Å². The molecule has 1 aromatic carbocycles. The molecule has 1 saturated carbocycles. The minimum atomic E-state index is -1.84. The lowest BCUT2D eigenvalue weighted by Gasteiger charge is -2.37. The minimum Gasteiger partial charge on any atom is -0.466 e. The van der Waals surface area contributed by atoms with Crippen LogP contribution in [0.15, 0.2) is 42.5 Å². The SMILES string of the molecule is CCCOC(=O)CCC/C=C\C[C@@H]1[C@@H](CC[C@@H](CCc2ccccc2)O[Si](CC)(CC)CC)[C@H](O[Si](CC)(CC)CC)C[C@@H]1O[Si](CC)(CC)CC. The Morgan fingerprint density at radius 3 is 1.77 bits per heavy atom. The molecule has 0 aromatic heterocycles. The van der Waals surface area contributed by atoms with E-state index in [-0.39, 0.29) is 24.3 Å². The van der Waals surface area contributed by atoms with Gasteiger partial charge in [0.05, 0.1) is 18.8 Å². The van der Waals surface area contributed by atoms with Gasteiger partial charge in [0.2, 0.25) is 0 Å². The van der Waals surface area contributed by atoms with Crippen LogP contribution in [-0.2, 0) is 29.2 Å². The molecule has 8 heteroatoms. The number of hydrogen-bond donors (Lipinski definition) is 0. The number of rotatable bonds is 29. The quantitative estimate of drug-likeness (QED) is 0.0351. The highest BCUT2D eigenvalue weighted by Crippen LogP contribution is 2.46. The molecule has 0 radical (unpaired) electrons. The molecule has 52 heavy (non-hydrogen) atoms. The number of benzene rings is 1. The lowest BCUT2D eigenvalue weighted by molar-refractivity contribution is -0.143. The van der Waals surface area contributed by atoms with Gasteiger partial charge in [0.25, 0.3) is 0 Å². The van der Waals surface area contributed by atoms with Crippen LogP contribution in [0.4, 0.5) is 0 Å². The second kappa shape index (κ2) is 25.2. The molecular formula is C44H82O5Si3. The van der Waals surface area contributed by atoms with Crippen LogP contribution >= 0.6 is 0 Å². The second-order valence-corrected chi connectivity index (χ2v) is 29.9. The monoisotopic (exact) mass is 775 g/mol. The van der Waals surface area contributed by atoms with E-state index in [4.69, 9.17) is 18.0 Å². The zero-order chi connectivity index (χ0) is 38.5. The van der Waals surface area contributed by atoms with Crippen LogP contribution in [0.3, 0.4) is 0 Å². The highest BCUT2D eigenvalue weighted by Gasteiger charge is 2.49. The Hall–Kier alpha value is -1.04. The summed E-state index contributed by atoms with van der Waals surface area (Å²) in [5.74, 6) is 0.821. The molecule has 0 unspecified atom stereocenters. The van der Waals surface area contributed by atoms with E-state index in [0.717, 1.165) is 57.8 Å². The normalized spacial score (nSPS) is 20.5. The summed E-state index contributed by atoms with van der Waals surface area (Å²) < 4.78 is 27.7. The smallest absolute Gasteiger partial charge is 0.305 e. The van der Waals surface area contributed by atoms with E-state index in [0.29, 0.717) is 24.9 Å². The maximum Gasteiger partial charge on any atom is 0.305 e. The molecule has 0 aliphatic heterocycles. The molecule has 0 bridgehead atoms. The van der Waals surface area contributed by atoms with Crippen molar-refractivity contribution in [1.82, 2.24) is 0 Å². The summed E-state index contributed by atoms with van der Waals surface area (Å²) >= 11 is 0. The molecule has 1 aromatic rings. The molecule has 1 fully saturated rings. The first-order valence-electron chi connectivity index (χ1n) is 22.0. The average Bonchev–Trinajstić information content (AvgIpc) is 3.50. The number of hydrogen-bond acceptors (Lipinski definition) is 5. The highest BCUT2D eigenvalue weighted by molar-refractivity contribution is 6.74. The van der Waals surface area contributed by atoms with Crippen LogP contribution in [0.25, 0.3) is 0 Å². The van der Waals surface area contributed by atoms with Crippen molar-refractivity contribution in [3.63, 3.8) is 0 Å². The van der Waals surface area contributed by atoms with Gasteiger partial charge < -0.3 is 18.0 Å². The Labute approximate surface area is 325 Å². The molecule has 300 valence electrons. The molecule has 1 aliphatic carbocycles. The summed E-state index contributed by atoms with van der Waals surface area (Å²) in [6.07, 6.45) is 15.0. The van der Waals surface area contributed by atoms with Crippen LogP contribution in [0.5, 0.6) is 0 Å². The standard InChI is InChI=1S/C44H82O5Si3/c1-11-36-46-44(45)31-27-22-21-26-30-40-41(35-34-39(47-50(12-2,13-3)14-4)33-32-38-28-24-23-25-29-38)43(49-52(18-8,19-9)20-10)37-42(40)48-51(15-5,16-6)17-7/h21,23-26,28-29,39-43H,11-20,22,27,30-37H2,1-10H3/b26-21-/t39-,40-,41-,42+,43-/m1/s1. The Balaban J connectivity index is 2.45. The van der Waals surface area contributed by atoms with Crippen LogP contribution in [0.1, 0.15) is 133 Å². The van der Waals surface area contributed by atoms with Crippen molar-refractivity contribution in [3.05, 3.63) is 48.0 Å². The Morgan fingerprint density at radius 1 is 0.712 bits per heavy atom. The topological polar surface area (TPSA) is 54.0 Å². The van der Waals surface area contributed by atoms with Gasteiger partial charge in [-0.2, -0.15) is 0 Å². The van der Waals surface area contributed by atoms with E-state index in [1.807, 2.05) is 6.92 Å². The van der Waals surface area contributed by atoms with Gasteiger partial charge in [0, 0.05) is 12.5 Å². The van der Waals surface area contributed by atoms with Crippen molar-refractivity contribution in [2.75, 3.05) is 6.61 Å². The number of allylic oxidation sites excluding steroid dienone is 2. The van der Waals surface area contributed by atoms with Gasteiger partial charge in [-0.05, 0) is 130 Å². The van der Waals surface area contributed by atoms with Gasteiger partial charge in [-0.25, -0.2) is 0 Å². The van der Waals surface area contributed by atoms with Gasteiger partial charge in [-0.3, -0.25) is 4.79 Å². The second-order valence-electron chi connectivity index (χ2n) is 15.8. The third-order valence-corrected chi connectivity index (χ3v) is 27.2. The largest absolute Gasteiger partial charge is 0.466 e. The summed E-state index contributed by atoms with van der Waals surface area (Å²) in [5, 5.41) is 0. The van der Waals surface area contributed by atoms with Gasteiger partial charge in [-0.1, -0.05) is 112 Å². The lowest BCUT2D eigenvalue weighted by Crippen LogP contribution is -2.42. The molecule has 0 saturated heterocycles. The number of ether oxygens (including phenoxy) is 1. The molecule has 1 aliphatic rings. The molecule has 5 atom stereocenters. The van der Waals surface area contributed by atoms with Gasteiger partial charge in [0.1, 0.15) is 0 Å². The molecule has 0 N–H and O–H groups in total. The van der Waals surface area contributed by atoms with E-state index in [1.54, 1.807) is 0 Å². The average molecular weight is 775 g/mol. The molecule has 2 rings (SSSR count). The third kappa shape index (κ3) is 14.6. The maximum atomic E-state index is 12.1. The first-order valence-corrected chi connectivity index (χ1v) is 29.6. The molecular weight excluding hydrogens is 693 g/mol. The zero-order valence-corrected chi connectivity index (χ0v) is 38.6. The van der Waals surface area contributed by atoms with Crippen molar-refractivity contribution in [2.24, 2.45) is 11.8 Å². The molecule has 0 heterocycles. The van der Waals surface area contributed by atoms with Crippen LogP contribution < -0.4 is 0 Å². The summed E-state index contributed by atoms with van der Waals surface area (Å²) in [5.41, 5.74) is 1.41. The van der Waals surface area contributed by atoms with E-state index in [2.05, 4.69) is 105 Å². The highest BCUT2D eigenvalue weighted by atomic mass is 28.4. The first-order chi connectivity index (χ1) is 25.1. The molecule has 0 spiro atoms. The van der Waals surface area contributed by atoms with Crippen molar-refractivity contribution in [1.29, 1.82) is 0 Å². The maximum absolute atomic E-state index is 12.1. The minimum absolute atomic E-state index is 0.0692. The number of carbonyl (C=O) groups is 1. The number of unbranched alkanes of at least 4 members (excludes halogenated alkanes) is 1. The Bertz CT molecular complexity index is 1080. The summed E-state index contributed by atoms with van der Waals surface area (Å²) in [7, 11) is -5.45. The van der Waals surface area contributed by atoms with E-state index >= 15 is 0 Å². The predicted octanol–water partition coefficient (Wildman–Crippen LogP) is 13.3. The fourth-order valence-corrected chi connectivity index (χ4v) is 17.5. The Morgan fingerprint density at radius 2 is 1.25 bits per heavy atom. The van der Waals surface area contributed by atoms with Crippen molar-refractivity contribution < 1.29 is 22.8 Å². The van der Waals surface area contributed by atoms with Crippen molar-refractivity contribution in [3.8, 4) is 0 Å². The number of carbonyl (C=O) groups excluding carboxylic acids is 1. The van der Waals surface area contributed by atoms with Crippen LogP contribution in [-0.4, -0.2) is 55.8 Å². The lowest BCUT2D eigenvalue weighted by atomic mass is 9.85. The molecule has 5 nitrogen and oxygen atoms in total. The predicted molar refractivity (Wildman–Crippen MR) is 231 cm³/mol. The van der Waals surface area contributed by atoms with E-state index in [1.165, 1.54) is 60.0 Å². The fraction of sp³-hybridized carbons (Fsp3) is 0.795. The van der Waals surface area contributed by atoms with Gasteiger partial charge in [0.15, 0.2) is 25.0 Å². The summed E-state index contributed by atoms with van der Waals surface area (Å²) in [4.78, 5) is 12.1. The van der Waals surface area contributed by atoms with Crippen LogP contribution in [0.2, 0.25) is 54.4 Å². The van der Waals surface area contributed by atoms with Crippen LogP contribution in [0, 0.1) is 11.8 Å². The first kappa shape index (κ1) is 47.1. The number of aryl methyl sites for hydroxylation is 1. The van der Waals surface area contributed by atoms with E-state index in [9.17, 15) is 4.79 Å². The van der Waals surface area contributed by atoms with Gasteiger partial charge >= 0.3 is 5.97 Å². The van der Waals surface area contributed by atoms with Crippen molar-refractivity contribution in [2.45, 2.75) is 206 Å². The van der Waals surface area contributed by atoms with Gasteiger partial charge in [-0.15, -0.1) is 0 Å².